The van der Waals surface area contributed by atoms with E-state index in [9.17, 15) is 9.59 Å². The van der Waals surface area contributed by atoms with Crippen LogP contribution in [-0.2, 0) is 11.2 Å². The van der Waals surface area contributed by atoms with Crippen LogP contribution < -0.4 is 10.1 Å². The predicted octanol–water partition coefficient (Wildman–Crippen LogP) is 6.27. The average Bonchev–Trinajstić information content (AvgIpc) is 3.63. The second-order valence-electron chi connectivity index (χ2n) is 8.67. The van der Waals surface area contributed by atoms with Gasteiger partial charge in [0.1, 0.15) is 11.9 Å². The number of carbonyl (C=O) groups is 2. The van der Waals surface area contributed by atoms with Crippen molar-refractivity contribution in [2.24, 2.45) is 0 Å². The van der Waals surface area contributed by atoms with E-state index in [1.165, 1.54) is 11.3 Å². The molecular formula is C27H24ClN3O3S2. The highest BCUT2D eigenvalue weighted by Gasteiger charge is 2.26. The molecule has 5 rings (SSSR count). The van der Waals surface area contributed by atoms with Crippen molar-refractivity contribution in [2.45, 2.75) is 33.3 Å². The van der Waals surface area contributed by atoms with Gasteiger partial charge >= 0.3 is 0 Å². The maximum atomic E-state index is 12.5. The Balaban J connectivity index is 1.21. The zero-order valence-corrected chi connectivity index (χ0v) is 22.4. The highest BCUT2D eigenvalue weighted by atomic mass is 35.5. The Bertz CT molecular complexity index is 1480. The molecule has 36 heavy (non-hydrogen) atoms. The molecule has 1 unspecified atom stereocenters. The molecular weight excluding hydrogens is 514 g/mol. The normalized spacial score (nSPS) is 14.7. The first-order chi connectivity index (χ1) is 17.3. The van der Waals surface area contributed by atoms with Crippen LogP contribution >= 0.6 is 34.3 Å². The Morgan fingerprint density at radius 3 is 2.83 bits per heavy atom. The first kappa shape index (κ1) is 24.5. The lowest BCUT2D eigenvalue weighted by molar-refractivity contribution is -0.116. The van der Waals surface area contributed by atoms with Crippen LogP contribution in [0.4, 0.5) is 0 Å². The van der Waals surface area contributed by atoms with Crippen LogP contribution in [0.5, 0.6) is 5.75 Å². The minimum absolute atomic E-state index is 0.0501. The standard InChI is InChI=1S/C27H24ClN3O3S2/c1-15-10-18(16(2)31(15)27-29-8-9-35-27)4-7-25(33)30-14-21-12-20-11-19(13-22(28)26(20)34-21)24-6-5-23(36-24)17(3)32/h4-11,13,21H,12,14H2,1-3H3,(H,30,33)/b7-4+. The fourth-order valence-corrected chi connectivity index (χ4v) is 6.27. The fourth-order valence-electron chi connectivity index (χ4n) is 4.34. The number of aryl methyl sites for hydroxylation is 1. The molecule has 9 heteroatoms. The molecule has 1 aromatic carbocycles. The zero-order valence-electron chi connectivity index (χ0n) is 20.0. The number of rotatable bonds is 7. The van der Waals surface area contributed by atoms with Crippen molar-refractivity contribution in [1.29, 1.82) is 0 Å². The molecule has 1 aliphatic heterocycles. The van der Waals surface area contributed by atoms with E-state index in [2.05, 4.69) is 20.9 Å². The van der Waals surface area contributed by atoms with E-state index < -0.39 is 0 Å². The quantitative estimate of drug-likeness (QED) is 0.223. The van der Waals surface area contributed by atoms with Gasteiger partial charge < -0.3 is 10.1 Å². The third-order valence-corrected chi connectivity index (χ3v) is 8.36. The number of aromatic nitrogens is 2. The molecule has 0 spiro atoms. The molecule has 0 radical (unpaired) electrons. The lowest BCUT2D eigenvalue weighted by Crippen LogP contribution is -2.33. The van der Waals surface area contributed by atoms with Gasteiger partial charge in [-0.3, -0.25) is 14.2 Å². The number of thiophene rings is 1. The number of thiazole rings is 1. The molecule has 1 aliphatic rings. The van der Waals surface area contributed by atoms with Crippen LogP contribution in [0.2, 0.25) is 5.02 Å². The Morgan fingerprint density at radius 1 is 1.28 bits per heavy atom. The zero-order chi connectivity index (χ0) is 25.4. The fraction of sp³-hybridized carbons (Fsp3) is 0.222. The Morgan fingerprint density at radius 2 is 2.11 bits per heavy atom. The Kier molecular flexibility index (Phi) is 6.83. The van der Waals surface area contributed by atoms with E-state index in [-0.39, 0.29) is 17.8 Å². The molecule has 1 atom stereocenters. The van der Waals surface area contributed by atoms with Crippen molar-refractivity contribution >= 4 is 52.0 Å². The van der Waals surface area contributed by atoms with E-state index in [1.807, 2.05) is 49.6 Å². The van der Waals surface area contributed by atoms with Crippen LogP contribution in [0, 0.1) is 13.8 Å². The number of ether oxygens (including phenoxy) is 1. The van der Waals surface area contributed by atoms with E-state index >= 15 is 0 Å². The third-order valence-electron chi connectivity index (χ3n) is 6.09. The number of nitrogens with one attached hydrogen (secondary N) is 1. The number of hydrogen-bond donors (Lipinski definition) is 1. The minimum atomic E-state index is -0.198. The van der Waals surface area contributed by atoms with E-state index in [0.29, 0.717) is 23.7 Å². The molecule has 6 nitrogen and oxygen atoms in total. The summed E-state index contributed by atoms with van der Waals surface area (Å²) < 4.78 is 8.12. The monoisotopic (exact) mass is 537 g/mol. The van der Waals surface area contributed by atoms with E-state index in [1.54, 1.807) is 30.5 Å². The second-order valence-corrected chi connectivity index (χ2v) is 11.0. The number of carbonyl (C=O) groups excluding carboxylic acids is 2. The number of ketones is 1. The molecule has 0 aliphatic carbocycles. The Hall–Kier alpha value is -3.20. The summed E-state index contributed by atoms with van der Waals surface area (Å²) >= 11 is 9.54. The van der Waals surface area contributed by atoms with Gasteiger partial charge in [0.05, 0.1) is 16.4 Å². The average molecular weight is 538 g/mol. The van der Waals surface area contributed by atoms with Gasteiger partial charge in [-0.2, -0.15) is 0 Å². The smallest absolute Gasteiger partial charge is 0.244 e. The van der Waals surface area contributed by atoms with Gasteiger partial charge in [0.25, 0.3) is 0 Å². The van der Waals surface area contributed by atoms with Gasteiger partial charge in [0, 0.05) is 45.9 Å². The van der Waals surface area contributed by atoms with Gasteiger partial charge in [0.15, 0.2) is 10.9 Å². The van der Waals surface area contributed by atoms with Gasteiger partial charge in [-0.25, -0.2) is 4.98 Å². The molecule has 0 fully saturated rings. The van der Waals surface area contributed by atoms with Gasteiger partial charge in [-0.05, 0) is 68.3 Å². The molecule has 0 saturated heterocycles. The number of hydrogen-bond acceptors (Lipinski definition) is 6. The summed E-state index contributed by atoms with van der Waals surface area (Å²) in [7, 11) is 0. The van der Waals surface area contributed by atoms with Gasteiger partial charge in [-0.1, -0.05) is 11.6 Å². The van der Waals surface area contributed by atoms with Gasteiger partial charge in [-0.15, -0.1) is 22.7 Å². The summed E-state index contributed by atoms with van der Waals surface area (Å²) in [4.78, 5) is 30.3. The summed E-state index contributed by atoms with van der Waals surface area (Å²) in [6, 6.07) is 9.74. The van der Waals surface area contributed by atoms with Crippen molar-refractivity contribution in [1.82, 2.24) is 14.9 Å². The largest absolute Gasteiger partial charge is 0.486 e. The summed E-state index contributed by atoms with van der Waals surface area (Å²) in [5, 5.41) is 6.32. The van der Waals surface area contributed by atoms with Crippen LogP contribution in [0.3, 0.4) is 0 Å². The SMILES string of the molecule is CC(=O)c1ccc(-c2cc(Cl)c3c(c2)CC(CNC(=O)/C=C/c2cc(C)n(-c4nccs4)c2C)O3)s1. The number of fused-ring (bicyclic) bond motifs is 1. The molecule has 0 bridgehead atoms. The van der Waals surface area contributed by atoms with Crippen LogP contribution in [0.25, 0.3) is 21.6 Å². The minimum Gasteiger partial charge on any atom is -0.486 e. The number of benzene rings is 1. The summed E-state index contributed by atoms with van der Waals surface area (Å²) in [6.45, 7) is 5.98. The first-order valence-corrected chi connectivity index (χ1v) is 13.5. The highest BCUT2D eigenvalue weighted by molar-refractivity contribution is 7.17. The van der Waals surface area contributed by atoms with Crippen LogP contribution in [0.15, 0.2) is 48.0 Å². The first-order valence-electron chi connectivity index (χ1n) is 11.4. The van der Waals surface area contributed by atoms with Gasteiger partial charge in [0.2, 0.25) is 5.91 Å². The van der Waals surface area contributed by atoms with Crippen molar-refractivity contribution in [3.63, 3.8) is 0 Å². The van der Waals surface area contributed by atoms with E-state index in [0.717, 1.165) is 43.0 Å². The number of nitrogens with zero attached hydrogens (tertiary/aromatic N) is 2. The summed E-state index contributed by atoms with van der Waals surface area (Å²) in [5.41, 5.74) is 5.04. The topological polar surface area (TPSA) is 73.2 Å². The summed E-state index contributed by atoms with van der Waals surface area (Å²) in [5.74, 6) is 0.526. The lowest BCUT2D eigenvalue weighted by Gasteiger charge is -2.11. The number of halogens is 1. The molecule has 184 valence electrons. The van der Waals surface area contributed by atoms with Crippen LogP contribution in [0.1, 0.15) is 39.1 Å². The van der Waals surface area contributed by atoms with Crippen molar-refractivity contribution in [3.05, 3.63) is 80.4 Å². The number of amides is 1. The molecule has 0 saturated carbocycles. The molecule has 1 amide bonds. The maximum absolute atomic E-state index is 12.5. The molecule has 3 aromatic heterocycles. The lowest BCUT2D eigenvalue weighted by atomic mass is 10.1. The predicted molar refractivity (Wildman–Crippen MR) is 146 cm³/mol. The maximum Gasteiger partial charge on any atom is 0.244 e. The van der Waals surface area contributed by atoms with Crippen molar-refractivity contribution in [3.8, 4) is 21.3 Å². The third kappa shape index (κ3) is 4.89. The number of Topliss-reactive ketones (excluding diaryl/α,β-unsaturated/α-hetero) is 1. The van der Waals surface area contributed by atoms with Crippen molar-refractivity contribution in [2.75, 3.05) is 6.54 Å². The molecule has 1 N–H and O–H groups in total. The van der Waals surface area contributed by atoms with E-state index in [4.69, 9.17) is 16.3 Å². The Labute approximate surface area is 222 Å². The van der Waals surface area contributed by atoms with Crippen LogP contribution in [-0.4, -0.2) is 33.9 Å². The molecule has 4 aromatic rings. The second kappa shape index (κ2) is 10.0. The molecule has 4 heterocycles. The summed E-state index contributed by atoms with van der Waals surface area (Å²) in [6.07, 6.45) is 5.60. The highest BCUT2D eigenvalue weighted by Crippen LogP contribution is 2.41. The van der Waals surface area contributed by atoms with Crippen molar-refractivity contribution < 1.29 is 14.3 Å².